The Labute approximate surface area is 103 Å². The van der Waals surface area contributed by atoms with Gasteiger partial charge in [0.1, 0.15) is 0 Å². The lowest BCUT2D eigenvalue weighted by atomic mass is 9.97. The quantitative estimate of drug-likeness (QED) is 0.855. The minimum absolute atomic E-state index is 0. The number of rotatable bonds is 3. The summed E-state index contributed by atoms with van der Waals surface area (Å²) in [6.45, 7) is 6.35. The van der Waals surface area contributed by atoms with Crippen molar-refractivity contribution >= 4 is 24.0 Å². The van der Waals surface area contributed by atoms with Crippen LogP contribution in [0, 0.1) is 12.8 Å². The van der Waals surface area contributed by atoms with E-state index in [9.17, 15) is 0 Å². The van der Waals surface area contributed by atoms with E-state index in [1.54, 1.807) is 0 Å². The Morgan fingerprint density at radius 2 is 1.93 bits per heavy atom. The molecule has 0 amide bonds. The van der Waals surface area contributed by atoms with E-state index < -0.39 is 0 Å². The maximum absolute atomic E-state index is 6.06. The van der Waals surface area contributed by atoms with E-state index in [1.165, 1.54) is 0 Å². The van der Waals surface area contributed by atoms with Gasteiger partial charge in [0, 0.05) is 11.1 Å². The SMILES string of the molecule is Cc1ccc([C@H](N)CC(C)C)cc1Cl.Cl. The lowest BCUT2D eigenvalue weighted by molar-refractivity contribution is 0.510. The predicted molar refractivity (Wildman–Crippen MR) is 69.8 cm³/mol. The van der Waals surface area contributed by atoms with Crippen LogP contribution in [0.3, 0.4) is 0 Å². The number of nitrogens with two attached hydrogens (primary N) is 1. The van der Waals surface area contributed by atoms with Crippen molar-refractivity contribution in [3.8, 4) is 0 Å². The number of halogens is 2. The maximum atomic E-state index is 6.06. The van der Waals surface area contributed by atoms with Crippen LogP contribution in [0.5, 0.6) is 0 Å². The van der Waals surface area contributed by atoms with Gasteiger partial charge in [0.05, 0.1) is 0 Å². The largest absolute Gasteiger partial charge is 0.324 e. The average molecular weight is 248 g/mol. The van der Waals surface area contributed by atoms with Crippen molar-refractivity contribution in [1.82, 2.24) is 0 Å². The second-order valence-electron chi connectivity index (χ2n) is 4.24. The number of aryl methyl sites for hydroxylation is 1. The summed E-state index contributed by atoms with van der Waals surface area (Å²) < 4.78 is 0. The molecule has 1 atom stereocenters. The third kappa shape index (κ3) is 4.42. The fourth-order valence-corrected chi connectivity index (χ4v) is 1.67. The molecule has 1 aromatic rings. The highest BCUT2D eigenvalue weighted by molar-refractivity contribution is 6.31. The minimum atomic E-state index is 0. The Kier molecular flexibility index (Phi) is 6.26. The monoisotopic (exact) mass is 247 g/mol. The van der Waals surface area contributed by atoms with Gasteiger partial charge in [0.2, 0.25) is 0 Å². The zero-order valence-corrected chi connectivity index (χ0v) is 11.0. The van der Waals surface area contributed by atoms with Gasteiger partial charge in [-0.15, -0.1) is 12.4 Å². The van der Waals surface area contributed by atoms with Gasteiger partial charge >= 0.3 is 0 Å². The van der Waals surface area contributed by atoms with Gasteiger partial charge in [0.15, 0.2) is 0 Å². The van der Waals surface area contributed by atoms with E-state index in [0.29, 0.717) is 5.92 Å². The van der Waals surface area contributed by atoms with Crippen LogP contribution in [-0.4, -0.2) is 0 Å². The Morgan fingerprint density at radius 1 is 1.33 bits per heavy atom. The summed E-state index contributed by atoms with van der Waals surface area (Å²) in [6, 6.07) is 6.17. The Morgan fingerprint density at radius 3 is 2.40 bits per heavy atom. The highest BCUT2D eigenvalue weighted by Gasteiger charge is 2.09. The molecule has 0 aliphatic carbocycles. The van der Waals surface area contributed by atoms with Crippen LogP contribution in [0.15, 0.2) is 18.2 Å². The van der Waals surface area contributed by atoms with Gasteiger partial charge in [-0.2, -0.15) is 0 Å². The topological polar surface area (TPSA) is 26.0 Å². The van der Waals surface area contributed by atoms with E-state index in [-0.39, 0.29) is 18.4 Å². The van der Waals surface area contributed by atoms with E-state index >= 15 is 0 Å². The van der Waals surface area contributed by atoms with Crippen LogP contribution < -0.4 is 5.73 Å². The molecule has 0 heterocycles. The molecule has 86 valence electrons. The number of benzene rings is 1. The van der Waals surface area contributed by atoms with Crippen molar-refractivity contribution in [2.75, 3.05) is 0 Å². The normalized spacial score (nSPS) is 12.4. The van der Waals surface area contributed by atoms with Crippen molar-refractivity contribution in [3.05, 3.63) is 34.3 Å². The third-order valence-corrected chi connectivity index (χ3v) is 2.76. The Balaban J connectivity index is 0.00000196. The zero-order valence-electron chi connectivity index (χ0n) is 9.46. The fourth-order valence-electron chi connectivity index (χ4n) is 1.48. The molecule has 0 aliphatic rings. The van der Waals surface area contributed by atoms with Crippen LogP contribution in [0.4, 0.5) is 0 Å². The number of hydrogen-bond acceptors (Lipinski definition) is 1. The molecule has 0 fully saturated rings. The maximum Gasteiger partial charge on any atom is 0.0438 e. The van der Waals surface area contributed by atoms with Gasteiger partial charge in [-0.25, -0.2) is 0 Å². The molecular formula is C12H19Cl2N. The molecule has 0 bridgehead atoms. The molecule has 0 unspecified atom stereocenters. The van der Waals surface area contributed by atoms with Crippen molar-refractivity contribution in [2.45, 2.75) is 33.2 Å². The molecule has 15 heavy (non-hydrogen) atoms. The van der Waals surface area contributed by atoms with Gasteiger partial charge < -0.3 is 5.73 Å². The molecule has 1 aromatic carbocycles. The van der Waals surface area contributed by atoms with Crippen LogP contribution in [0.1, 0.15) is 37.4 Å². The summed E-state index contributed by atoms with van der Waals surface area (Å²) in [4.78, 5) is 0. The van der Waals surface area contributed by atoms with E-state index in [0.717, 1.165) is 22.6 Å². The molecule has 1 rings (SSSR count). The van der Waals surface area contributed by atoms with Crippen molar-refractivity contribution in [3.63, 3.8) is 0 Å². The molecule has 0 aliphatic heterocycles. The molecule has 2 N–H and O–H groups in total. The lowest BCUT2D eigenvalue weighted by Gasteiger charge is -2.15. The highest BCUT2D eigenvalue weighted by Crippen LogP contribution is 2.23. The molecule has 0 saturated carbocycles. The van der Waals surface area contributed by atoms with Crippen LogP contribution in [0.25, 0.3) is 0 Å². The lowest BCUT2D eigenvalue weighted by Crippen LogP contribution is -2.12. The summed E-state index contributed by atoms with van der Waals surface area (Å²) >= 11 is 6.04. The number of hydrogen-bond donors (Lipinski definition) is 1. The van der Waals surface area contributed by atoms with Crippen LogP contribution in [-0.2, 0) is 0 Å². The van der Waals surface area contributed by atoms with Crippen molar-refractivity contribution < 1.29 is 0 Å². The fraction of sp³-hybridized carbons (Fsp3) is 0.500. The second-order valence-corrected chi connectivity index (χ2v) is 4.65. The zero-order chi connectivity index (χ0) is 10.7. The third-order valence-electron chi connectivity index (χ3n) is 2.35. The van der Waals surface area contributed by atoms with E-state index in [4.69, 9.17) is 17.3 Å². The van der Waals surface area contributed by atoms with Gasteiger partial charge in [0.25, 0.3) is 0 Å². The standard InChI is InChI=1S/C12H18ClN.ClH/c1-8(2)6-12(14)10-5-4-9(3)11(13)7-10;/h4-5,7-8,12H,6,14H2,1-3H3;1H/t12-;/m1./s1. The summed E-state index contributed by atoms with van der Waals surface area (Å²) in [6.07, 6.45) is 0.999. The molecule has 0 saturated heterocycles. The molecule has 0 radical (unpaired) electrons. The Hall–Kier alpha value is -0.240. The molecule has 0 aromatic heterocycles. The average Bonchev–Trinajstić information content (AvgIpc) is 2.08. The van der Waals surface area contributed by atoms with E-state index in [2.05, 4.69) is 19.9 Å². The van der Waals surface area contributed by atoms with Gasteiger partial charge in [-0.05, 0) is 36.5 Å². The summed E-state index contributed by atoms with van der Waals surface area (Å²) in [7, 11) is 0. The summed E-state index contributed by atoms with van der Waals surface area (Å²) in [5, 5.41) is 0.807. The van der Waals surface area contributed by atoms with Crippen LogP contribution >= 0.6 is 24.0 Å². The van der Waals surface area contributed by atoms with Crippen LogP contribution in [0.2, 0.25) is 5.02 Å². The first-order valence-electron chi connectivity index (χ1n) is 5.02. The van der Waals surface area contributed by atoms with Gasteiger partial charge in [-0.3, -0.25) is 0 Å². The molecule has 1 nitrogen and oxygen atoms in total. The predicted octanol–water partition coefficient (Wildman–Crippen LogP) is 4.12. The smallest absolute Gasteiger partial charge is 0.0438 e. The first-order chi connectivity index (χ1) is 6.50. The summed E-state index contributed by atoms with van der Waals surface area (Å²) in [5.74, 6) is 0.616. The Bertz CT molecular complexity index is 310. The minimum Gasteiger partial charge on any atom is -0.324 e. The van der Waals surface area contributed by atoms with Gasteiger partial charge in [-0.1, -0.05) is 37.6 Å². The molecular weight excluding hydrogens is 229 g/mol. The first-order valence-corrected chi connectivity index (χ1v) is 5.40. The highest BCUT2D eigenvalue weighted by atomic mass is 35.5. The first kappa shape index (κ1) is 14.8. The molecule has 0 spiro atoms. The summed E-state index contributed by atoms with van der Waals surface area (Å²) in [5.41, 5.74) is 8.29. The second kappa shape index (κ2) is 6.37. The molecule has 3 heteroatoms. The van der Waals surface area contributed by atoms with E-state index in [1.807, 2.05) is 19.1 Å². The van der Waals surface area contributed by atoms with Crippen molar-refractivity contribution in [1.29, 1.82) is 0 Å². The van der Waals surface area contributed by atoms with Crippen molar-refractivity contribution in [2.24, 2.45) is 11.7 Å².